The molecule has 5 N–H and O–H groups in total. The van der Waals surface area contributed by atoms with Gasteiger partial charge in [-0.25, -0.2) is 9.78 Å². The van der Waals surface area contributed by atoms with Crippen LogP contribution < -0.4 is 25.8 Å². The average molecular weight is 592 g/mol. The molecule has 0 radical (unpaired) electrons. The summed E-state index contributed by atoms with van der Waals surface area (Å²) < 4.78 is 5.42. The van der Waals surface area contributed by atoms with Gasteiger partial charge in [-0.3, -0.25) is 9.59 Å². The molecule has 11 heteroatoms. The van der Waals surface area contributed by atoms with E-state index in [0.29, 0.717) is 23.6 Å². The maximum Gasteiger partial charge on any atom is 0.404 e. The van der Waals surface area contributed by atoms with Crippen molar-refractivity contribution < 1.29 is 24.5 Å². The molecule has 2 heterocycles. The Morgan fingerprint density at radius 2 is 1.84 bits per heavy atom. The summed E-state index contributed by atoms with van der Waals surface area (Å²) >= 11 is 0. The smallest absolute Gasteiger partial charge is 0.404 e. The number of anilines is 1. The van der Waals surface area contributed by atoms with Gasteiger partial charge in [-0.15, -0.1) is 0 Å². The van der Waals surface area contributed by atoms with Gasteiger partial charge in [-0.1, -0.05) is 0 Å². The van der Waals surface area contributed by atoms with Crippen molar-refractivity contribution in [3.05, 3.63) is 74.8 Å². The van der Waals surface area contributed by atoms with Crippen LogP contribution in [0.4, 0.5) is 10.5 Å². The summed E-state index contributed by atoms with van der Waals surface area (Å²) in [7, 11) is 0. The fourth-order valence-corrected chi connectivity index (χ4v) is 5.88. The molecule has 4 rings (SSSR count). The van der Waals surface area contributed by atoms with E-state index < -0.39 is 6.09 Å². The second-order valence-electron chi connectivity index (χ2n) is 11.0. The third-order valence-corrected chi connectivity index (χ3v) is 8.07. The van der Waals surface area contributed by atoms with Crippen LogP contribution in [0.15, 0.2) is 41.3 Å². The number of hydrogen-bond acceptors (Lipinski definition) is 7. The van der Waals surface area contributed by atoms with Crippen LogP contribution in [0.3, 0.4) is 0 Å². The maximum absolute atomic E-state index is 13.7. The summed E-state index contributed by atoms with van der Waals surface area (Å²) in [5.74, 6) is 0.102. The van der Waals surface area contributed by atoms with Crippen molar-refractivity contribution in [3.63, 3.8) is 0 Å². The highest BCUT2D eigenvalue weighted by molar-refractivity contribution is 5.99. The molecule has 0 bridgehead atoms. The molecular formula is C32H41N5O6. The van der Waals surface area contributed by atoms with Crippen molar-refractivity contribution >= 4 is 17.7 Å². The number of carbonyl (C=O) groups excluding carboxylic acids is 1. The van der Waals surface area contributed by atoms with Crippen LogP contribution in [-0.4, -0.2) is 64.0 Å². The number of H-pyrrole nitrogens is 1. The standard InChI is InChI=1S/C32H41N5O6/c1-5-37(25-9-7-24(8-10-25)36-32(41)42)28-16-23(22-6-11-29(33-17-22)43-13-12-38)15-26(21(28)4)30(39)34-18-27-19(2)14-20(3)35-31(27)40/h6,11,14-17,24-25,36,38H,5,7-10,12-13,18H2,1-4H3,(H,34,39)(H,35,40)(H,41,42). The quantitative estimate of drug-likeness (QED) is 0.223. The van der Waals surface area contributed by atoms with Crippen molar-refractivity contribution in [2.75, 3.05) is 24.7 Å². The van der Waals surface area contributed by atoms with Gasteiger partial charge in [0.25, 0.3) is 11.5 Å². The molecule has 2 amide bonds. The number of nitrogens with zero attached hydrogens (tertiary/aromatic N) is 2. The number of nitrogens with one attached hydrogen (secondary N) is 3. The third-order valence-electron chi connectivity index (χ3n) is 8.07. The van der Waals surface area contributed by atoms with Crippen molar-refractivity contribution in [1.82, 2.24) is 20.6 Å². The zero-order valence-electron chi connectivity index (χ0n) is 25.2. The van der Waals surface area contributed by atoms with Gasteiger partial charge in [0.05, 0.1) is 6.61 Å². The Hall–Kier alpha value is -4.38. The molecular weight excluding hydrogens is 550 g/mol. The second-order valence-corrected chi connectivity index (χ2v) is 11.0. The Bertz CT molecular complexity index is 1500. The zero-order chi connectivity index (χ0) is 31.1. The first-order valence-corrected chi connectivity index (χ1v) is 14.7. The number of aliphatic hydroxyl groups is 1. The topological polar surface area (TPSA) is 157 Å². The number of aromatic amines is 1. The van der Waals surface area contributed by atoms with Crippen molar-refractivity contribution in [2.45, 2.75) is 72.0 Å². The SMILES string of the molecule is CCN(c1cc(-c2ccc(OCCO)nc2)cc(C(=O)NCc2c(C)cc(C)[nH]c2=O)c1C)C1CCC(NC(=O)O)CC1. The number of aryl methyl sites for hydroxylation is 2. The van der Waals surface area contributed by atoms with Gasteiger partial charge >= 0.3 is 6.09 Å². The Morgan fingerprint density at radius 3 is 2.44 bits per heavy atom. The van der Waals surface area contributed by atoms with Gasteiger partial charge in [-0.2, -0.15) is 0 Å². The van der Waals surface area contributed by atoms with E-state index in [1.165, 1.54) is 0 Å². The fraction of sp³-hybridized carbons (Fsp3) is 0.438. The van der Waals surface area contributed by atoms with Crippen molar-refractivity contribution in [3.8, 4) is 17.0 Å². The second kappa shape index (κ2) is 14.2. The number of amides is 2. The lowest BCUT2D eigenvalue weighted by Gasteiger charge is -2.39. The normalized spacial score (nSPS) is 16.4. The third kappa shape index (κ3) is 7.72. The van der Waals surface area contributed by atoms with E-state index in [0.717, 1.165) is 59.3 Å². The number of carbonyl (C=O) groups is 2. The van der Waals surface area contributed by atoms with Crippen LogP contribution in [-0.2, 0) is 6.54 Å². The van der Waals surface area contributed by atoms with Crippen LogP contribution in [0.2, 0.25) is 0 Å². The van der Waals surface area contributed by atoms with Crippen LogP contribution in [0, 0.1) is 20.8 Å². The number of hydrogen-bond donors (Lipinski definition) is 5. The van der Waals surface area contributed by atoms with Gasteiger partial charge < -0.3 is 35.5 Å². The summed E-state index contributed by atoms with van der Waals surface area (Å²) in [5.41, 5.74) is 5.70. The lowest BCUT2D eigenvalue weighted by Crippen LogP contribution is -2.44. The highest BCUT2D eigenvalue weighted by Gasteiger charge is 2.28. The Balaban J connectivity index is 1.68. The van der Waals surface area contributed by atoms with Crippen LogP contribution >= 0.6 is 0 Å². The summed E-state index contributed by atoms with van der Waals surface area (Å²) in [6.45, 7) is 8.52. The van der Waals surface area contributed by atoms with Gasteiger partial charge in [0.2, 0.25) is 5.88 Å². The molecule has 0 aliphatic heterocycles. The van der Waals surface area contributed by atoms with Crippen molar-refractivity contribution in [1.29, 1.82) is 0 Å². The Labute approximate surface area is 251 Å². The molecule has 11 nitrogen and oxygen atoms in total. The number of pyridine rings is 2. The molecule has 1 aliphatic rings. The Kier molecular flexibility index (Phi) is 10.4. The maximum atomic E-state index is 13.7. The van der Waals surface area contributed by atoms with E-state index in [4.69, 9.17) is 14.9 Å². The van der Waals surface area contributed by atoms with E-state index in [2.05, 4.69) is 38.5 Å². The molecule has 230 valence electrons. The molecule has 0 unspecified atom stereocenters. The van der Waals surface area contributed by atoms with Gasteiger partial charge in [0.15, 0.2) is 0 Å². The largest absolute Gasteiger partial charge is 0.475 e. The summed E-state index contributed by atoms with van der Waals surface area (Å²) in [4.78, 5) is 46.9. The minimum atomic E-state index is -1.00. The highest BCUT2D eigenvalue weighted by atomic mass is 16.5. The van der Waals surface area contributed by atoms with Crippen LogP contribution in [0.1, 0.15) is 65.3 Å². The summed E-state index contributed by atoms with van der Waals surface area (Å²) in [6.07, 6.45) is 3.79. The van der Waals surface area contributed by atoms with Crippen molar-refractivity contribution in [2.24, 2.45) is 0 Å². The predicted molar refractivity (Wildman–Crippen MR) is 165 cm³/mol. The lowest BCUT2D eigenvalue weighted by molar-refractivity contribution is 0.0950. The fourth-order valence-electron chi connectivity index (χ4n) is 5.88. The number of benzene rings is 1. The molecule has 0 spiro atoms. The minimum Gasteiger partial charge on any atom is -0.475 e. The number of aromatic nitrogens is 2. The first kappa shape index (κ1) is 31.6. The summed E-state index contributed by atoms with van der Waals surface area (Å²) in [5, 5.41) is 23.8. The first-order chi connectivity index (χ1) is 20.6. The molecule has 3 aromatic rings. The number of carboxylic acid groups (broad SMARTS) is 1. The van der Waals surface area contributed by atoms with Gasteiger partial charge in [-0.05, 0) is 94.3 Å². The van der Waals surface area contributed by atoms with E-state index in [1.807, 2.05) is 39.0 Å². The Morgan fingerprint density at radius 1 is 1.09 bits per heavy atom. The van der Waals surface area contributed by atoms with Crippen LogP contribution in [0.5, 0.6) is 5.88 Å². The molecule has 0 saturated heterocycles. The number of rotatable bonds is 11. The van der Waals surface area contributed by atoms with E-state index >= 15 is 0 Å². The molecule has 1 aromatic carbocycles. The van der Waals surface area contributed by atoms with Gasteiger partial charge in [0, 0.05) is 65.5 Å². The van der Waals surface area contributed by atoms with Crippen LogP contribution in [0.25, 0.3) is 11.1 Å². The summed E-state index contributed by atoms with van der Waals surface area (Å²) in [6, 6.07) is 9.50. The molecule has 1 aliphatic carbocycles. The minimum absolute atomic E-state index is 0.0627. The van der Waals surface area contributed by atoms with E-state index in [-0.39, 0.29) is 43.3 Å². The zero-order valence-corrected chi connectivity index (χ0v) is 25.2. The number of aliphatic hydroxyl groups excluding tert-OH is 1. The lowest BCUT2D eigenvalue weighted by atomic mass is 9.89. The van der Waals surface area contributed by atoms with E-state index in [1.54, 1.807) is 12.3 Å². The monoisotopic (exact) mass is 591 g/mol. The molecule has 0 atom stereocenters. The average Bonchev–Trinajstić information content (AvgIpc) is 2.97. The molecule has 2 aromatic heterocycles. The first-order valence-electron chi connectivity index (χ1n) is 14.7. The molecule has 1 fully saturated rings. The number of ether oxygens (including phenoxy) is 1. The van der Waals surface area contributed by atoms with Gasteiger partial charge in [0.1, 0.15) is 6.61 Å². The molecule has 43 heavy (non-hydrogen) atoms. The predicted octanol–water partition coefficient (Wildman–Crippen LogP) is 4.07. The molecule has 1 saturated carbocycles. The van der Waals surface area contributed by atoms with E-state index in [9.17, 15) is 14.4 Å². The highest BCUT2D eigenvalue weighted by Crippen LogP contribution is 2.35.